The summed E-state index contributed by atoms with van der Waals surface area (Å²) in [6, 6.07) is 15.0. The van der Waals surface area contributed by atoms with Gasteiger partial charge in [-0.2, -0.15) is 5.26 Å². The van der Waals surface area contributed by atoms with E-state index in [2.05, 4.69) is 19.1 Å². The van der Waals surface area contributed by atoms with E-state index in [4.69, 9.17) is 5.26 Å². The summed E-state index contributed by atoms with van der Waals surface area (Å²) in [5.41, 5.74) is 3.14. The molecule has 30 heavy (non-hydrogen) atoms. The van der Waals surface area contributed by atoms with Crippen LogP contribution in [0.5, 0.6) is 0 Å². The zero-order chi connectivity index (χ0) is 21.2. The van der Waals surface area contributed by atoms with Crippen LogP contribution < -0.4 is 0 Å². The Morgan fingerprint density at radius 3 is 2.17 bits per heavy atom. The van der Waals surface area contributed by atoms with Crippen molar-refractivity contribution < 1.29 is 4.39 Å². The predicted octanol–water partition coefficient (Wildman–Crippen LogP) is 8.46. The average Bonchev–Trinajstić information content (AvgIpc) is 2.79. The van der Waals surface area contributed by atoms with Crippen molar-refractivity contribution in [2.24, 2.45) is 11.8 Å². The molecule has 0 N–H and O–H groups in total. The minimum absolute atomic E-state index is 0.330. The van der Waals surface area contributed by atoms with Crippen LogP contribution in [0, 0.1) is 29.0 Å². The summed E-state index contributed by atoms with van der Waals surface area (Å²) in [5.74, 6) is 1.52. The van der Waals surface area contributed by atoms with E-state index in [-0.39, 0.29) is 5.82 Å². The summed E-state index contributed by atoms with van der Waals surface area (Å²) in [4.78, 5) is 0. The minimum atomic E-state index is -0.330. The van der Waals surface area contributed by atoms with Gasteiger partial charge < -0.3 is 0 Å². The molecule has 0 unspecified atom stereocenters. The molecule has 0 aromatic heterocycles. The molecule has 0 radical (unpaired) electrons. The van der Waals surface area contributed by atoms with E-state index >= 15 is 0 Å². The molecule has 1 saturated carbocycles. The maximum absolute atomic E-state index is 14.2. The van der Waals surface area contributed by atoms with Crippen LogP contribution in [0.2, 0.25) is 0 Å². The van der Waals surface area contributed by atoms with Crippen LogP contribution in [-0.2, 0) is 6.42 Å². The third-order valence-electron chi connectivity index (χ3n) is 6.89. The van der Waals surface area contributed by atoms with Crippen molar-refractivity contribution in [3.05, 3.63) is 59.4 Å². The lowest BCUT2D eigenvalue weighted by atomic mass is 9.77. The molecule has 2 aromatic rings. The molecule has 0 bridgehead atoms. The average molecular weight is 406 g/mol. The number of nitrogens with zero attached hydrogens (tertiary/aromatic N) is 1. The van der Waals surface area contributed by atoms with Crippen molar-refractivity contribution in [3.8, 4) is 17.2 Å². The number of benzene rings is 2. The molecule has 1 nitrogen and oxygen atoms in total. The van der Waals surface area contributed by atoms with Gasteiger partial charge in [0.1, 0.15) is 5.82 Å². The fraction of sp³-hybridized carbons (Fsp3) is 0.536. The van der Waals surface area contributed by atoms with Gasteiger partial charge in [-0.25, -0.2) is 4.39 Å². The van der Waals surface area contributed by atoms with Crippen molar-refractivity contribution in [2.75, 3.05) is 0 Å². The molecule has 0 aliphatic heterocycles. The highest BCUT2D eigenvalue weighted by molar-refractivity contribution is 5.65. The Balaban J connectivity index is 1.40. The summed E-state index contributed by atoms with van der Waals surface area (Å²) in [5, 5.41) is 8.89. The SMILES string of the molecule is CCCCCCCC1CCC(CCc2ccc(-c3ccc(C#N)cc3F)cc2)CC1. The Morgan fingerprint density at radius 1 is 0.867 bits per heavy atom. The zero-order valence-electron chi connectivity index (χ0n) is 18.5. The van der Waals surface area contributed by atoms with Crippen LogP contribution >= 0.6 is 0 Å². The van der Waals surface area contributed by atoms with Gasteiger partial charge in [-0.05, 0) is 47.9 Å². The number of aryl methyl sites for hydroxylation is 1. The molecule has 1 fully saturated rings. The Kier molecular flexibility index (Phi) is 8.94. The molecule has 160 valence electrons. The van der Waals surface area contributed by atoms with Crippen LogP contribution in [0.15, 0.2) is 42.5 Å². The molecule has 1 aliphatic carbocycles. The first kappa shape index (κ1) is 22.5. The van der Waals surface area contributed by atoms with Crippen molar-refractivity contribution in [2.45, 2.75) is 84.0 Å². The van der Waals surface area contributed by atoms with E-state index in [1.807, 2.05) is 18.2 Å². The van der Waals surface area contributed by atoms with Gasteiger partial charge in [0.15, 0.2) is 0 Å². The lowest BCUT2D eigenvalue weighted by Gasteiger charge is -2.28. The standard InChI is InChI=1S/C28H36FN/c1-2-3-4-5-6-7-22-8-10-23(11-9-22)12-13-24-14-17-26(18-15-24)27-19-16-25(21-30)20-28(27)29/h14-20,22-23H,2-13H2,1H3. The molecule has 1 aliphatic rings. The van der Waals surface area contributed by atoms with Gasteiger partial charge in [0.2, 0.25) is 0 Å². The van der Waals surface area contributed by atoms with E-state index < -0.39 is 0 Å². The van der Waals surface area contributed by atoms with Crippen LogP contribution in [0.4, 0.5) is 4.39 Å². The Hall–Kier alpha value is -2.14. The Labute approximate surface area is 182 Å². The van der Waals surface area contributed by atoms with E-state index in [0.29, 0.717) is 11.1 Å². The first-order valence-corrected chi connectivity index (χ1v) is 12.0. The lowest BCUT2D eigenvalue weighted by Crippen LogP contribution is -2.15. The second kappa shape index (κ2) is 11.9. The van der Waals surface area contributed by atoms with Gasteiger partial charge in [-0.3, -0.25) is 0 Å². The molecule has 3 rings (SSSR count). The van der Waals surface area contributed by atoms with Gasteiger partial charge in [0, 0.05) is 5.56 Å². The maximum Gasteiger partial charge on any atom is 0.132 e. The number of hydrogen-bond acceptors (Lipinski definition) is 1. The molecule has 0 heterocycles. The van der Waals surface area contributed by atoms with Crippen molar-refractivity contribution in [3.63, 3.8) is 0 Å². The smallest absolute Gasteiger partial charge is 0.132 e. The zero-order valence-corrected chi connectivity index (χ0v) is 18.5. The number of rotatable bonds is 10. The second-order valence-electron chi connectivity index (χ2n) is 9.13. The van der Waals surface area contributed by atoms with Crippen LogP contribution in [0.3, 0.4) is 0 Å². The summed E-state index contributed by atoms with van der Waals surface area (Å²) in [6.45, 7) is 2.28. The fourth-order valence-electron chi connectivity index (χ4n) is 4.89. The fourth-order valence-corrected chi connectivity index (χ4v) is 4.89. The minimum Gasteiger partial charge on any atom is -0.206 e. The molecular weight excluding hydrogens is 369 g/mol. The van der Waals surface area contributed by atoms with Crippen LogP contribution in [0.1, 0.15) is 88.7 Å². The normalized spacial score (nSPS) is 18.8. The van der Waals surface area contributed by atoms with Gasteiger partial charge in [0.25, 0.3) is 0 Å². The van der Waals surface area contributed by atoms with Gasteiger partial charge >= 0.3 is 0 Å². The van der Waals surface area contributed by atoms with E-state index in [1.165, 1.54) is 82.3 Å². The first-order chi connectivity index (χ1) is 14.7. The largest absolute Gasteiger partial charge is 0.206 e. The van der Waals surface area contributed by atoms with E-state index in [1.54, 1.807) is 12.1 Å². The second-order valence-corrected chi connectivity index (χ2v) is 9.13. The van der Waals surface area contributed by atoms with E-state index in [0.717, 1.165) is 23.8 Å². The van der Waals surface area contributed by atoms with Gasteiger partial charge in [-0.15, -0.1) is 0 Å². The molecule has 0 amide bonds. The third kappa shape index (κ3) is 6.69. The van der Waals surface area contributed by atoms with Crippen molar-refractivity contribution >= 4 is 0 Å². The summed E-state index contributed by atoms with van der Waals surface area (Å²) < 4.78 is 14.2. The van der Waals surface area contributed by atoms with Crippen molar-refractivity contribution in [1.82, 2.24) is 0 Å². The summed E-state index contributed by atoms with van der Waals surface area (Å²) >= 11 is 0. The molecule has 0 spiro atoms. The molecule has 2 heteroatoms. The summed E-state index contributed by atoms with van der Waals surface area (Å²) in [7, 11) is 0. The molecule has 2 aromatic carbocycles. The third-order valence-corrected chi connectivity index (χ3v) is 6.89. The molecular formula is C28H36FN. The van der Waals surface area contributed by atoms with Gasteiger partial charge in [-0.1, -0.05) is 101 Å². The first-order valence-electron chi connectivity index (χ1n) is 12.0. The Bertz CT molecular complexity index is 810. The molecule has 0 saturated heterocycles. The number of halogens is 1. The van der Waals surface area contributed by atoms with Gasteiger partial charge in [0.05, 0.1) is 11.6 Å². The number of unbranched alkanes of at least 4 members (excludes halogenated alkanes) is 4. The number of nitriles is 1. The highest BCUT2D eigenvalue weighted by atomic mass is 19.1. The Morgan fingerprint density at radius 2 is 1.53 bits per heavy atom. The predicted molar refractivity (Wildman–Crippen MR) is 124 cm³/mol. The van der Waals surface area contributed by atoms with Crippen LogP contribution in [0.25, 0.3) is 11.1 Å². The highest BCUT2D eigenvalue weighted by Crippen LogP contribution is 2.34. The van der Waals surface area contributed by atoms with Crippen LogP contribution in [-0.4, -0.2) is 0 Å². The number of hydrogen-bond donors (Lipinski definition) is 0. The topological polar surface area (TPSA) is 23.8 Å². The monoisotopic (exact) mass is 405 g/mol. The molecule has 0 atom stereocenters. The summed E-state index contributed by atoms with van der Waals surface area (Å²) in [6.07, 6.45) is 16.5. The quantitative estimate of drug-likeness (QED) is 0.364. The highest BCUT2D eigenvalue weighted by Gasteiger charge is 2.20. The lowest BCUT2D eigenvalue weighted by molar-refractivity contribution is 0.248. The van der Waals surface area contributed by atoms with Crippen molar-refractivity contribution in [1.29, 1.82) is 5.26 Å². The van der Waals surface area contributed by atoms with E-state index in [9.17, 15) is 4.39 Å². The maximum atomic E-state index is 14.2.